The molecule has 0 saturated carbocycles. The van der Waals surface area contributed by atoms with E-state index in [-0.39, 0.29) is 11.2 Å². The van der Waals surface area contributed by atoms with Crippen LogP contribution in [0.15, 0.2) is 101 Å². The van der Waals surface area contributed by atoms with E-state index in [2.05, 4.69) is 46.7 Å². The lowest BCUT2D eigenvalue weighted by Crippen LogP contribution is -2.30. The van der Waals surface area contributed by atoms with E-state index >= 15 is 0 Å². The third-order valence-electron chi connectivity index (χ3n) is 5.75. The molecule has 6 nitrogen and oxygen atoms in total. The lowest BCUT2D eigenvalue weighted by Gasteiger charge is -2.36. The number of aromatic amines is 2. The highest BCUT2D eigenvalue weighted by molar-refractivity contribution is 5.50. The first-order valence-corrected chi connectivity index (χ1v) is 10.6. The minimum Gasteiger partial charge on any atom is -0.501 e. The molecule has 6 heteroatoms. The van der Waals surface area contributed by atoms with Crippen LogP contribution in [0.2, 0.25) is 0 Å². The Labute approximate surface area is 185 Å². The SMILES string of the molecule is O=c1[nH]c(NCCCC(c2ccccc2)(c2ccccc2)c2ccccc2)c(O)c(=O)[nH]1. The number of hydrogen-bond donors (Lipinski definition) is 4. The van der Waals surface area contributed by atoms with Gasteiger partial charge in [0.1, 0.15) is 0 Å². The Morgan fingerprint density at radius 2 is 1.19 bits per heavy atom. The molecule has 32 heavy (non-hydrogen) atoms. The second kappa shape index (κ2) is 9.39. The van der Waals surface area contributed by atoms with Crippen LogP contribution in [0.25, 0.3) is 0 Å². The van der Waals surface area contributed by atoms with Crippen molar-refractivity contribution in [3.8, 4) is 5.75 Å². The lowest BCUT2D eigenvalue weighted by atomic mass is 9.67. The predicted octanol–water partition coefficient (Wildman–Crippen LogP) is 4.00. The molecule has 3 aromatic carbocycles. The van der Waals surface area contributed by atoms with Gasteiger partial charge in [0, 0.05) is 12.0 Å². The van der Waals surface area contributed by atoms with Crippen LogP contribution in [0.3, 0.4) is 0 Å². The molecule has 162 valence electrons. The molecule has 0 atom stereocenters. The van der Waals surface area contributed by atoms with Crippen LogP contribution in [-0.4, -0.2) is 21.6 Å². The van der Waals surface area contributed by atoms with E-state index in [0.717, 1.165) is 6.42 Å². The molecule has 1 aromatic heterocycles. The fourth-order valence-electron chi connectivity index (χ4n) is 4.28. The first kappa shape index (κ1) is 21.2. The van der Waals surface area contributed by atoms with E-state index < -0.39 is 17.0 Å². The van der Waals surface area contributed by atoms with Gasteiger partial charge in [0.2, 0.25) is 5.75 Å². The Morgan fingerprint density at radius 1 is 0.719 bits per heavy atom. The van der Waals surface area contributed by atoms with Crippen LogP contribution in [0.4, 0.5) is 5.82 Å². The Bertz CT molecular complexity index is 1170. The van der Waals surface area contributed by atoms with Gasteiger partial charge in [0.15, 0.2) is 5.82 Å². The minimum atomic E-state index is -0.816. The van der Waals surface area contributed by atoms with Crippen molar-refractivity contribution in [2.75, 3.05) is 11.9 Å². The number of H-pyrrole nitrogens is 2. The highest BCUT2D eigenvalue weighted by Crippen LogP contribution is 2.42. The van der Waals surface area contributed by atoms with Gasteiger partial charge in [-0.15, -0.1) is 0 Å². The molecule has 0 amide bonds. The van der Waals surface area contributed by atoms with Crippen LogP contribution >= 0.6 is 0 Å². The molecule has 0 unspecified atom stereocenters. The Hall–Kier alpha value is -4.06. The first-order chi connectivity index (χ1) is 15.6. The summed E-state index contributed by atoms with van der Waals surface area (Å²) in [6.45, 7) is 0.460. The second-order valence-corrected chi connectivity index (χ2v) is 7.67. The second-order valence-electron chi connectivity index (χ2n) is 7.67. The standard InChI is InChI=1S/C26H25N3O3/c30-22-23(28-25(32)29-24(22)31)27-18-10-17-26(19-11-4-1-5-12-19,20-13-6-2-7-14-20)21-15-8-3-9-16-21/h1-9,11-16,30H,10,17-18H2,(H3,27,28,29,31,32). The smallest absolute Gasteiger partial charge is 0.327 e. The normalized spacial score (nSPS) is 11.2. The molecule has 1 heterocycles. The van der Waals surface area contributed by atoms with Gasteiger partial charge in [-0.05, 0) is 29.5 Å². The Kier molecular flexibility index (Phi) is 6.22. The lowest BCUT2D eigenvalue weighted by molar-refractivity contribution is 0.464. The number of aromatic nitrogens is 2. The summed E-state index contributed by atoms with van der Waals surface area (Å²) in [5.41, 5.74) is 1.69. The minimum absolute atomic E-state index is 0.0310. The monoisotopic (exact) mass is 427 g/mol. The maximum atomic E-state index is 11.6. The van der Waals surface area contributed by atoms with Gasteiger partial charge in [0.05, 0.1) is 0 Å². The highest BCUT2D eigenvalue weighted by atomic mass is 16.3. The summed E-state index contributed by atoms with van der Waals surface area (Å²) in [4.78, 5) is 27.6. The average Bonchev–Trinajstić information content (AvgIpc) is 2.84. The molecular weight excluding hydrogens is 402 g/mol. The van der Waals surface area contributed by atoms with Crippen molar-refractivity contribution in [1.29, 1.82) is 0 Å². The molecule has 0 aliphatic heterocycles. The molecule has 0 spiro atoms. The average molecular weight is 428 g/mol. The third-order valence-corrected chi connectivity index (χ3v) is 5.75. The highest BCUT2D eigenvalue weighted by Gasteiger charge is 2.35. The molecule has 4 aromatic rings. The molecule has 0 saturated heterocycles. The van der Waals surface area contributed by atoms with Crippen LogP contribution < -0.4 is 16.6 Å². The van der Waals surface area contributed by atoms with Crippen molar-refractivity contribution in [1.82, 2.24) is 9.97 Å². The number of benzene rings is 3. The fraction of sp³-hybridized carbons (Fsp3) is 0.154. The van der Waals surface area contributed by atoms with E-state index in [1.807, 2.05) is 59.6 Å². The Balaban J connectivity index is 1.69. The van der Waals surface area contributed by atoms with Gasteiger partial charge < -0.3 is 10.4 Å². The largest absolute Gasteiger partial charge is 0.501 e. The summed E-state index contributed by atoms with van der Waals surface area (Å²) < 4.78 is 0. The number of rotatable bonds is 8. The molecule has 0 bridgehead atoms. The zero-order valence-electron chi connectivity index (χ0n) is 17.5. The third kappa shape index (κ3) is 4.21. The maximum Gasteiger partial charge on any atom is 0.327 e. The fourth-order valence-corrected chi connectivity index (χ4v) is 4.28. The maximum absolute atomic E-state index is 11.6. The molecule has 0 aliphatic carbocycles. The van der Waals surface area contributed by atoms with E-state index in [1.54, 1.807) is 0 Å². The number of anilines is 1. The van der Waals surface area contributed by atoms with E-state index in [0.29, 0.717) is 13.0 Å². The van der Waals surface area contributed by atoms with Gasteiger partial charge in [-0.25, -0.2) is 4.79 Å². The summed E-state index contributed by atoms with van der Waals surface area (Å²) >= 11 is 0. The zero-order valence-corrected chi connectivity index (χ0v) is 17.5. The van der Waals surface area contributed by atoms with Gasteiger partial charge in [-0.2, -0.15) is 0 Å². The molecule has 4 N–H and O–H groups in total. The molecule has 4 rings (SSSR count). The van der Waals surface area contributed by atoms with Crippen molar-refractivity contribution in [3.05, 3.63) is 129 Å². The molecule has 0 fully saturated rings. The summed E-state index contributed by atoms with van der Waals surface area (Å²) in [6, 6.07) is 31.2. The van der Waals surface area contributed by atoms with Crippen molar-refractivity contribution in [2.24, 2.45) is 0 Å². The topological polar surface area (TPSA) is 98.0 Å². The van der Waals surface area contributed by atoms with Crippen LogP contribution in [0.1, 0.15) is 29.5 Å². The van der Waals surface area contributed by atoms with E-state index in [1.165, 1.54) is 16.7 Å². The van der Waals surface area contributed by atoms with Crippen LogP contribution in [-0.2, 0) is 5.41 Å². The van der Waals surface area contributed by atoms with Crippen LogP contribution in [0, 0.1) is 0 Å². The summed E-state index contributed by atoms with van der Waals surface area (Å²) in [6.07, 6.45) is 1.49. The predicted molar refractivity (Wildman–Crippen MR) is 126 cm³/mol. The van der Waals surface area contributed by atoms with Gasteiger partial charge in [0.25, 0.3) is 5.56 Å². The van der Waals surface area contributed by atoms with Gasteiger partial charge >= 0.3 is 5.69 Å². The van der Waals surface area contributed by atoms with Gasteiger partial charge in [-0.1, -0.05) is 91.0 Å². The van der Waals surface area contributed by atoms with Crippen molar-refractivity contribution >= 4 is 5.82 Å². The van der Waals surface area contributed by atoms with Crippen molar-refractivity contribution in [2.45, 2.75) is 18.3 Å². The quantitative estimate of drug-likeness (QED) is 0.252. The summed E-state index contributed by atoms with van der Waals surface area (Å²) in [5, 5.41) is 12.9. The van der Waals surface area contributed by atoms with Crippen molar-refractivity contribution in [3.63, 3.8) is 0 Å². The number of aromatic hydroxyl groups is 1. The van der Waals surface area contributed by atoms with Crippen molar-refractivity contribution < 1.29 is 5.11 Å². The molecule has 0 aliphatic rings. The number of hydrogen-bond acceptors (Lipinski definition) is 4. The molecule has 0 radical (unpaired) electrons. The summed E-state index contributed by atoms with van der Waals surface area (Å²) in [7, 11) is 0. The van der Waals surface area contributed by atoms with E-state index in [4.69, 9.17) is 0 Å². The first-order valence-electron chi connectivity index (χ1n) is 10.6. The number of nitrogens with one attached hydrogen (secondary N) is 3. The van der Waals surface area contributed by atoms with Gasteiger partial charge in [-0.3, -0.25) is 14.8 Å². The van der Waals surface area contributed by atoms with Crippen LogP contribution in [0.5, 0.6) is 5.75 Å². The molecular formula is C26H25N3O3. The van der Waals surface area contributed by atoms with E-state index in [9.17, 15) is 14.7 Å². The Morgan fingerprint density at radius 3 is 1.66 bits per heavy atom. The summed E-state index contributed by atoms with van der Waals surface area (Å²) in [5.74, 6) is -0.492. The zero-order chi connectivity index (χ0) is 22.4.